The van der Waals surface area contributed by atoms with Crippen molar-refractivity contribution in [1.82, 2.24) is 0 Å². The standard InChI is InChI=1S/C13H16N2O.H2/c1-8-7-10-4-2-3-9-5-6-11(14)13(16)15(8)12(9)10;/h2-4,8,11H,5-7,14H2,1H3;1H/t8-,11+;/m1./s1. The predicted molar refractivity (Wildman–Crippen MR) is 65.5 cm³/mol. The number of benzene rings is 1. The van der Waals surface area contributed by atoms with Crippen LogP contribution in [-0.2, 0) is 17.6 Å². The zero-order chi connectivity index (χ0) is 11.3. The number of carbonyl (C=O) groups is 1. The summed E-state index contributed by atoms with van der Waals surface area (Å²) in [6.45, 7) is 2.10. The molecule has 0 aliphatic carbocycles. The Balaban J connectivity index is 0.00000108. The Kier molecular flexibility index (Phi) is 2.04. The summed E-state index contributed by atoms with van der Waals surface area (Å²) in [6.07, 6.45) is 2.64. The maximum Gasteiger partial charge on any atom is 0.244 e. The summed E-state index contributed by atoms with van der Waals surface area (Å²) in [5.41, 5.74) is 9.64. The third-order valence-corrected chi connectivity index (χ3v) is 3.68. The molecule has 86 valence electrons. The molecule has 1 aromatic carbocycles. The molecule has 0 fully saturated rings. The third-order valence-electron chi connectivity index (χ3n) is 3.68. The number of amides is 1. The highest BCUT2D eigenvalue weighted by molar-refractivity contribution is 6.01. The van der Waals surface area contributed by atoms with E-state index in [0.717, 1.165) is 24.9 Å². The van der Waals surface area contributed by atoms with Crippen LogP contribution in [-0.4, -0.2) is 18.0 Å². The normalized spacial score (nSPS) is 27.9. The van der Waals surface area contributed by atoms with E-state index in [-0.39, 0.29) is 19.4 Å². The van der Waals surface area contributed by atoms with E-state index in [1.165, 1.54) is 11.1 Å². The Morgan fingerprint density at radius 3 is 3.00 bits per heavy atom. The molecular formula is C13H18N2O. The molecule has 16 heavy (non-hydrogen) atoms. The summed E-state index contributed by atoms with van der Waals surface area (Å²) in [5.74, 6) is 0.0937. The highest BCUT2D eigenvalue weighted by atomic mass is 16.2. The van der Waals surface area contributed by atoms with Crippen LogP contribution in [0, 0.1) is 0 Å². The van der Waals surface area contributed by atoms with Gasteiger partial charge in [0.2, 0.25) is 5.91 Å². The van der Waals surface area contributed by atoms with Crippen LogP contribution in [0.5, 0.6) is 0 Å². The lowest BCUT2D eigenvalue weighted by molar-refractivity contribution is -0.120. The van der Waals surface area contributed by atoms with Crippen molar-refractivity contribution in [2.75, 3.05) is 4.90 Å². The van der Waals surface area contributed by atoms with E-state index in [2.05, 4.69) is 25.1 Å². The van der Waals surface area contributed by atoms with Crippen LogP contribution in [0.1, 0.15) is 25.9 Å². The monoisotopic (exact) mass is 218 g/mol. The van der Waals surface area contributed by atoms with Crippen LogP contribution in [0.25, 0.3) is 0 Å². The number of nitrogens with two attached hydrogens (primary N) is 1. The lowest BCUT2D eigenvalue weighted by Gasteiger charge is -2.24. The second kappa shape index (κ2) is 3.32. The van der Waals surface area contributed by atoms with E-state index < -0.39 is 0 Å². The first kappa shape index (κ1) is 9.85. The van der Waals surface area contributed by atoms with Crippen molar-refractivity contribution in [3.63, 3.8) is 0 Å². The lowest BCUT2D eigenvalue weighted by Crippen LogP contribution is -2.45. The van der Waals surface area contributed by atoms with Gasteiger partial charge in [-0.3, -0.25) is 4.79 Å². The van der Waals surface area contributed by atoms with Crippen LogP contribution in [0.2, 0.25) is 0 Å². The second-order valence-electron chi connectivity index (χ2n) is 4.83. The second-order valence-corrected chi connectivity index (χ2v) is 4.83. The Hall–Kier alpha value is -1.35. The van der Waals surface area contributed by atoms with Crippen LogP contribution < -0.4 is 10.6 Å². The van der Waals surface area contributed by atoms with Crippen LogP contribution >= 0.6 is 0 Å². The Morgan fingerprint density at radius 2 is 2.19 bits per heavy atom. The molecule has 3 heteroatoms. The van der Waals surface area contributed by atoms with Crippen LogP contribution in [0.3, 0.4) is 0 Å². The SMILES string of the molecule is C[C@@H]1Cc2cccc3c2N1C(=O)[C@@H](N)CC3.[HH]. The zero-order valence-corrected chi connectivity index (χ0v) is 9.44. The van der Waals surface area contributed by atoms with E-state index >= 15 is 0 Å². The molecule has 2 atom stereocenters. The highest BCUT2D eigenvalue weighted by Gasteiger charge is 2.37. The molecular weight excluding hydrogens is 200 g/mol. The fourth-order valence-corrected chi connectivity index (χ4v) is 2.89. The molecule has 0 saturated heterocycles. The van der Waals surface area contributed by atoms with Gasteiger partial charge < -0.3 is 10.6 Å². The smallest absolute Gasteiger partial charge is 0.244 e. The van der Waals surface area contributed by atoms with Gasteiger partial charge in [-0.1, -0.05) is 18.2 Å². The van der Waals surface area contributed by atoms with E-state index in [4.69, 9.17) is 5.73 Å². The lowest BCUT2D eigenvalue weighted by atomic mass is 10.0. The fourth-order valence-electron chi connectivity index (χ4n) is 2.89. The van der Waals surface area contributed by atoms with Gasteiger partial charge in [0.1, 0.15) is 0 Å². The van der Waals surface area contributed by atoms with Gasteiger partial charge in [0.05, 0.1) is 11.7 Å². The summed E-state index contributed by atoms with van der Waals surface area (Å²) in [6, 6.07) is 6.26. The average Bonchev–Trinajstić information content (AvgIpc) is 2.54. The molecule has 0 radical (unpaired) electrons. The molecule has 3 rings (SSSR count). The molecule has 2 N–H and O–H groups in total. The quantitative estimate of drug-likeness (QED) is 0.717. The number of carbonyl (C=O) groups excluding carboxylic acids is 1. The van der Waals surface area contributed by atoms with Crippen molar-refractivity contribution in [3.8, 4) is 0 Å². The minimum Gasteiger partial charge on any atom is -0.320 e. The van der Waals surface area contributed by atoms with E-state index in [1.54, 1.807) is 0 Å². The maximum absolute atomic E-state index is 12.2. The first-order valence-electron chi connectivity index (χ1n) is 5.88. The van der Waals surface area contributed by atoms with Crippen molar-refractivity contribution in [2.24, 2.45) is 5.73 Å². The topological polar surface area (TPSA) is 46.3 Å². The molecule has 1 amide bonds. The highest BCUT2D eigenvalue weighted by Crippen LogP contribution is 2.38. The van der Waals surface area contributed by atoms with Gasteiger partial charge in [-0.25, -0.2) is 0 Å². The Bertz CT molecular complexity index is 461. The number of rotatable bonds is 0. The van der Waals surface area contributed by atoms with Gasteiger partial charge in [0.25, 0.3) is 0 Å². The number of para-hydroxylation sites is 1. The number of anilines is 1. The average molecular weight is 218 g/mol. The van der Waals surface area contributed by atoms with Crippen LogP contribution in [0.4, 0.5) is 5.69 Å². The van der Waals surface area contributed by atoms with Gasteiger partial charge in [-0.2, -0.15) is 0 Å². The van der Waals surface area contributed by atoms with Crippen molar-refractivity contribution < 1.29 is 6.22 Å². The summed E-state index contributed by atoms with van der Waals surface area (Å²) in [4.78, 5) is 14.1. The molecule has 0 saturated carbocycles. The molecule has 2 heterocycles. The Morgan fingerprint density at radius 1 is 1.44 bits per heavy atom. The van der Waals surface area contributed by atoms with Crippen molar-refractivity contribution in [3.05, 3.63) is 29.3 Å². The van der Waals surface area contributed by atoms with Crippen molar-refractivity contribution in [1.29, 1.82) is 0 Å². The minimum atomic E-state index is -0.333. The molecule has 0 bridgehead atoms. The molecule has 1 aromatic rings. The number of nitrogens with zero attached hydrogens (tertiary/aromatic N) is 1. The van der Waals surface area contributed by atoms with Gasteiger partial charge in [-0.15, -0.1) is 0 Å². The molecule has 3 nitrogen and oxygen atoms in total. The van der Waals surface area contributed by atoms with E-state index in [0.29, 0.717) is 0 Å². The Labute approximate surface area is 96.7 Å². The van der Waals surface area contributed by atoms with E-state index in [1.807, 2.05) is 4.90 Å². The molecule has 2 aliphatic heterocycles. The molecule has 0 aromatic heterocycles. The van der Waals surface area contributed by atoms with Gasteiger partial charge in [-0.05, 0) is 37.3 Å². The largest absolute Gasteiger partial charge is 0.320 e. The predicted octanol–water partition coefficient (Wildman–Crippen LogP) is 1.48. The first-order valence-corrected chi connectivity index (χ1v) is 5.88. The minimum absolute atomic E-state index is 0. The fraction of sp³-hybridized carbons (Fsp3) is 0.462. The summed E-state index contributed by atoms with van der Waals surface area (Å²) in [5, 5.41) is 0. The summed E-state index contributed by atoms with van der Waals surface area (Å²) in [7, 11) is 0. The van der Waals surface area contributed by atoms with E-state index in [9.17, 15) is 4.79 Å². The molecule has 0 spiro atoms. The van der Waals surface area contributed by atoms with Gasteiger partial charge >= 0.3 is 0 Å². The molecule has 2 aliphatic rings. The van der Waals surface area contributed by atoms with Gasteiger partial charge in [0, 0.05) is 7.47 Å². The maximum atomic E-state index is 12.2. The van der Waals surface area contributed by atoms with Crippen molar-refractivity contribution in [2.45, 2.75) is 38.3 Å². The van der Waals surface area contributed by atoms with Gasteiger partial charge in [0.15, 0.2) is 0 Å². The van der Waals surface area contributed by atoms with Crippen molar-refractivity contribution >= 4 is 11.6 Å². The third kappa shape index (κ3) is 1.21. The summed E-state index contributed by atoms with van der Waals surface area (Å²) >= 11 is 0. The summed E-state index contributed by atoms with van der Waals surface area (Å²) < 4.78 is 0. The number of hydrogen-bond donors (Lipinski definition) is 1. The van der Waals surface area contributed by atoms with Crippen LogP contribution in [0.15, 0.2) is 18.2 Å². The zero-order valence-electron chi connectivity index (χ0n) is 9.44. The molecule has 0 unspecified atom stereocenters. The number of aryl methyl sites for hydroxylation is 1. The number of hydrogen-bond acceptors (Lipinski definition) is 2. The first-order chi connectivity index (χ1) is 7.68.